The molecule has 0 saturated heterocycles. The summed E-state index contributed by atoms with van der Waals surface area (Å²) in [6.07, 6.45) is 0. The Kier molecular flexibility index (Phi) is 7.47. The summed E-state index contributed by atoms with van der Waals surface area (Å²) >= 11 is 9.75. The predicted molar refractivity (Wildman–Crippen MR) is 79.9 cm³/mol. The minimum atomic E-state index is -0.307. The standard InChI is InChI=1S/C13H17BrClNO4/c1-18-5-9-10(6-19-2)12(15)8(4-11(9)14)13(17)16-7-20-3/h4H,5-7H2,1-3H3,(H,16,17). The number of nitrogens with one attached hydrogen (secondary N) is 1. The molecule has 1 aromatic carbocycles. The van der Waals surface area contributed by atoms with Crippen molar-refractivity contribution < 1.29 is 19.0 Å². The topological polar surface area (TPSA) is 56.8 Å². The number of carbonyl (C=O) groups is 1. The fourth-order valence-electron chi connectivity index (χ4n) is 1.71. The molecule has 0 radical (unpaired) electrons. The zero-order chi connectivity index (χ0) is 15.1. The average Bonchev–Trinajstić information content (AvgIpc) is 2.43. The second kappa shape index (κ2) is 8.59. The SMILES string of the molecule is COCNC(=O)c1cc(Br)c(COC)c(COC)c1Cl. The number of amides is 1. The van der Waals surface area contributed by atoms with Crippen LogP contribution in [-0.2, 0) is 27.4 Å². The first-order chi connectivity index (χ1) is 9.56. The summed E-state index contributed by atoms with van der Waals surface area (Å²) in [5, 5.41) is 2.96. The van der Waals surface area contributed by atoms with E-state index in [1.54, 1.807) is 20.3 Å². The number of ether oxygens (including phenoxy) is 3. The minimum Gasteiger partial charge on any atom is -0.380 e. The van der Waals surface area contributed by atoms with Crippen LogP contribution in [0.4, 0.5) is 0 Å². The molecular formula is C13H17BrClNO4. The molecule has 0 fully saturated rings. The number of hydrogen-bond donors (Lipinski definition) is 1. The Bertz CT molecular complexity index is 482. The van der Waals surface area contributed by atoms with Crippen LogP contribution in [-0.4, -0.2) is 34.0 Å². The van der Waals surface area contributed by atoms with Crippen molar-refractivity contribution in [2.24, 2.45) is 0 Å². The minimum absolute atomic E-state index is 0.117. The molecule has 0 aliphatic heterocycles. The third-order valence-corrected chi connectivity index (χ3v) is 3.76. The van der Waals surface area contributed by atoms with Crippen LogP contribution in [0.2, 0.25) is 5.02 Å². The number of halogens is 2. The third kappa shape index (κ3) is 4.17. The largest absolute Gasteiger partial charge is 0.380 e. The summed E-state index contributed by atoms with van der Waals surface area (Å²) in [7, 11) is 4.66. The molecule has 1 aromatic rings. The van der Waals surface area contributed by atoms with Crippen molar-refractivity contribution in [3.8, 4) is 0 Å². The average molecular weight is 367 g/mol. The predicted octanol–water partition coefficient (Wildman–Crippen LogP) is 2.73. The van der Waals surface area contributed by atoms with E-state index in [-0.39, 0.29) is 12.6 Å². The Morgan fingerprint density at radius 3 is 2.35 bits per heavy atom. The molecule has 0 heterocycles. The number of benzene rings is 1. The van der Waals surface area contributed by atoms with Gasteiger partial charge in [-0.25, -0.2) is 0 Å². The van der Waals surface area contributed by atoms with Crippen molar-refractivity contribution in [3.63, 3.8) is 0 Å². The lowest BCUT2D eigenvalue weighted by atomic mass is 10.0. The number of hydrogen-bond acceptors (Lipinski definition) is 4. The van der Waals surface area contributed by atoms with Crippen LogP contribution >= 0.6 is 27.5 Å². The molecule has 0 spiro atoms. The van der Waals surface area contributed by atoms with Crippen LogP contribution in [0.25, 0.3) is 0 Å². The number of rotatable bonds is 7. The molecule has 0 atom stereocenters. The van der Waals surface area contributed by atoms with Gasteiger partial charge in [-0.3, -0.25) is 4.79 Å². The van der Waals surface area contributed by atoms with Crippen LogP contribution in [0.15, 0.2) is 10.5 Å². The van der Waals surface area contributed by atoms with Crippen LogP contribution in [0.5, 0.6) is 0 Å². The molecule has 20 heavy (non-hydrogen) atoms. The van der Waals surface area contributed by atoms with Crippen molar-refractivity contribution in [3.05, 3.63) is 32.3 Å². The van der Waals surface area contributed by atoms with Crippen LogP contribution in [0, 0.1) is 0 Å². The molecule has 5 nitrogen and oxygen atoms in total. The van der Waals surface area contributed by atoms with E-state index in [1.807, 2.05) is 0 Å². The van der Waals surface area contributed by atoms with Crippen molar-refractivity contribution in [1.29, 1.82) is 0 Å². The van der Waals surface area contributed by atoms with Gasteiger partial charge >= 0.3 is 0 Å². The maximum Gasteiger partial charge on any atom is 0.254 e. The maximum atomic E-state index is 12.0. The van der Waals surface area contributed by atoms with Gasteiger partial charge in [0.1, 0.15) is 6.73 Å². The number of methoxy groups -OCH3 is 3. The highest BCUT2D eigenvalue weighted by Gasteiger charge is 2.19. The van der Waals surface area contributed by atoms with E-state index in [9.17, 15) is 4.79 Å². The van der Waals surface area contributed by atoms with Gasteiger partial charge in [-0.1, -0.05) is 27.5 Å². The Morgan fingerprint density at radius 1 is 1.20 bits per heavy atom. The highest BCUT2D eigenvalue weighted by atomic mass is 79.9. The van der Waals surface area contributed by atoms with Crippen LogP contribution in [0.1, 0.15) is 21.5 Å². The summed E-state index contributed by atoms with van der Waals surface area (Å²) in [4.78, 5) is 12.0. The van der Waals surface area contributed by atoms with E-state index >= 15 is 0 Å². The Balaban J connectivity index is 3.24. The second-order valence-corrected chi connectivity index (χ2v) is 5.21. The van der Waals surface area contributed by atoms with Crippen molar-refractivity contribution >= 4 is 33.4 Å². The van der Waals surface area contributed by atoms with Gasteiger partial charge in [0, 0.05) is 31.4 Å². The second-order valence-electron chi connectivity index (χ2n) is 3.98. The zero-order valence-electron chi connectivity index (χ0n) is 11.6. The van der Waals surface area contributed by atoms with Crippen molar-refractivity contribution in [2.75, 3.05) is 28.1 Å². The quantitative estimate of drug-likeness (QED) is 0.754. The normalized spacial score (nSPS) is 10.7. The first-order valence-corrected chi connectivity index (χ1v) is 6.98. The molecule has 112 valence electrons. The highest BCUT2D eigenvalue weighted by molar-refractivity contribution is 9.10. The summed E-state index contributed by atoms with van der Waals surface area (Å²) in [5.41, 5.74) is 1.96. The molecule has 0 unspecified atom stereocenters. The summed E-state index contributed by atoms with van der Waals surface area (Å²) in [6.45, 7) is 0.784. The fourth-order valence-corrected chi connectivity index (χ4v) is 2.60. The molecule has 1 amide bonds. The lowest BCUT2D eigenvalue weighted by molar-refractivity contribution is 0.0872. The molecule has 7 heteroatoms. The molecular weight excluding hydrogens is 350 g/mol. The van der Waals surface area contributed by atoms with E-state index in [1.165, 1.54) is 7.11 Å². The van der Waals surface area contributed by atoms with Gasteiger partial charge in [-0.15, -0.1) is 0 Å². The van der Waals surface area contributed by atoms with Crippen molar-refractivity contribution in [2.45, 2.75) is 13.2 Å². The van der Waals surface area contributed by atoms with Gasteiger partial charge in [0.2, 0.25) is 0 Å². The van der Waals surface area contributed by atoms with Crippen LogP contribution < -0.4 is 5.32 Å². The Hall–Kier alpha value is -0.660. The highest BCUT2D eigenvalue weighted by Crippen LogP contribution is 2.32. The van der Waals surface area contributed by atoms with Gasteiger partial charge in [0.05, 0.1) is 23.8 Å². The molecule has 0 saturated carbocycles. The van der Waals surface area contributed by atoms with Crippen LogP contribution in [0.3, 0.4) is 0 Å². The molecule has 0 aliphatic rings. The van der Waals surface area contributed by atoms with Gasteiger partial charge in [0.15, 0.2) is 0 Å². The molecule has 0 bridgehead atoms. The molecule has 1 N–H and O–H groups in total. The summed E-state index contributed by atoms with van der Waals surface area (Å²) in [5.74, 6) is -0.307. The fraction of sp³-hybridized carbons (Fsp3) is 0.462. The van der Waals surface area contributed by atoms with E-state index < -0.39 is 0 Å². The summed E-state index contributed by atoms with van der Waals surface area (Å²) in [6, 6.07) is 1.67. The Labute approximate surface area is 131 Å². The van der Waals surface area contributed by atoms with Gasteiger partial charge < -0.3 is 19.5 Å². The van der Waals surface area contributed by atoms with E-state index in [0.29, 0.717) is 23.8 Å². The molecule has 0 aliphatic carbocycles. The van der Waals surface area contributed by atoms with Gasteiger partial charge in [-0.05, 0) is 11.6 Å². The monoisotopic (exact) mass is 365 g/mol. The molecule has 1 rings (SSSR count). The zero-order valence-corrected chi connectivity index (χ0v) is 13.9. The smallest absolute Gasteiger partial charge is 0.254 e. The summed E-state index contributed by atoms with van der Waals surface area (Å²) < 4.78 is 15.9. The first-order valence-electron chi connectivity index (χ1n) is 5.81. The van der Waals surface area contributed by atoms with Gasteiger partial charge in [0.25, 0.3) is 5.91 Å². The van der Waals surface area contributed by atoms with E-state index in [0.717, 1.165) is 15.6 Å². The third-order valence-electron chi connectivity index (χ3n) is 2.62. The van der Waals surface area contributed by atoms with E-state index in [2.05, 4.69) is 21.2 Å². The first kappa shape index (κ1) is 17.4. The lowest BCUT2D eigenvalue weighted by Gasteiger charge is -2.16. The number of carbonyl (C=O) groups excluding carboxylic acids is 1. The molecule has 0 aromatic heterocycles. The van der Waals surface area contributed by atoms with Crippen molar-refractivity contribution in [1.82, 2.24) is 5.32 Å². The van der Waals surface area contributed by atoms with E-state index in [4.69, 9.17) is 25.8 Å². The maximum absolute atomic E-state index is 12.0. The van der Waals surface area contributed by atoms with Gasteiger partial charge in [-0.2, -0.15) is 0 Å². The Morgan fingerprint density at radius 2 is 1.80 bits per heavy atom. The lowest BCUT2D eigenvalue weighted by Crippen LogP contribution is -2.26.